The van der Waals surface area contributed by atoms with Crippen molar-refractivity contribution in [3.8, 4) is 11.1 Å². The van der Waals surface area contributed by atoms with Crippen LogP contribution in [0.25, 0.3) is 44.8 Å². The summed E-state index contributed by atoms with van der Waals surface area (Å²) in [4.78, 5) is 23.2. The lowest BCUT2D eigenvalue weighted by Gasteiger charge is -2.12. The Bertz CT molecular complexity index is 2750. The summed E-state index contributed by atoms with van der Waals surface area (Å²) < 4.78 is 98.0. The van der Waals surface area contributed by atoms with Crippen molar-refractivity contribution in [1.82, 2.24) is 0 Å². The molecule has 0 saturated heterocycles. The monoisotopic (exact) mass is 766 g/mol. The van der Waals surface area contributed by atoms with E-state index < -0.39 is 72.8 Å². The van der Waals surface area contributed by atoms with Crippen molar-refractivity contribution in [3.63, 3.8) is 0 Å². The van der Waals surface area contributed by atoms with Crippen LogP contribution in [0.1, 0.15) is 11.1 Å². The molecule has 1 heterocycles. The molecule has 0 unspecified atom stereocenters. The van der Waals surface area contributed by atoms with E-state index in [1.165, 1.54) is 12.2 Å². The van der Waals surface area contributed by atoms with Crippen LogP contribution in [0.5, 0.6) is 0 Å². The second-order valence-corrected chi connectivity index (χ2v) is 16.6. The van der Waals surface area contributed by atoms with Crippen molar-refractivity contribution in [2.45, 2.75) is 19.6 Å². The maximum atomic E-state index is 13.9. The van der Waals surface area contributed by atoms with E-state index in [2.05, 4.69) is 10.6 Å². The smallest absolute Gasteiger partial charge is 0.296 e. The number of sulfone groups is 1. The van der Waals surface area contributed by atoms with Crippen LogP contribution in [0.4, 0.5) is 11.4 Å². The fraction of sp³-hybridized carbons (Fsp3) is 0. The Labute approximate surface area is 303 Å². The summed E-state index contributed by atoms with van der Waals surface area (Å²) in [5.41, 5.74) is -0.482. The van der Waals surface area contributed by atoms with Crippen LogP contribution in [0, 0.1) is 0 Å². The molecule has 0 spiro atoms. The maximum absolute atomic E-state index is 13.9. The summed E-state index contributed by atoms with van der Waals surface area (Å²) in [6.07, 6.45) is 5.17. The molecule has 2 amide bonds. The highest BCUT2D eigenvalue weighted by molar-refractivity contribution is 7.92. The van der Waals surface area contributed by atoms with Gasteiger partial charge in [0.15, 0.2) is 0 Å². The SMILES string of the molecule is O=C(/C=C/c1cccc2ccccc12)Nc1cc2c(cc1S(=O)(=O)O)-c1cc(S(=O)(=O)O)c(NC(=O)/C=C/c3cccc4ccccc34)cc1S2(=O)=O. The molecule has 0 bridgehead atoms. The van der Waals surface area contributed by atoms with Gasteiger partial charge in [-0.05, 0) is 69.1 Å². The molecule has 1 aliphatic heterocycles. The molecule has 0 atom stereocenters. The van der Waals surface area contributed by atoms with Crippen LogP contribution < -0.4 is 10.6 Å². The summed E-state index contributed by atoms with van der Waals surface area (Å²) in [5, 5.41) is 8.10. The van der Waals surface area contributed by atoms with Gasteiger partial charge < -0.3 is 10.6 Å². The van der Waals surface area contributed by atoms with Gasteiger partial charge in [0.25, 0.3) is 20.2 Å². The second-order valence-electron chi connectivity index (χ2n) is 11.9. The molecule has 12 nitrogen and oxygen atoms in total. The maximum Gasteiger partial charge on any atom is 0.296 e. The number of nitrogens with one attached hydrogen (secondary N) is 2. The first-order valence-corrected chi connectivity index (χ1v) is 20.0. The molecule has 6 aromatic carbocycles. The molecular formula is C38H26N2O10S3. The number of benzene rings is 6. The minimum absolute atomic E-state index is 0.337. The van der Waals surface area contributed by atoms with Crippen molar-refractivity contribution in [3.05, 3.63) is 132 Å². The minimum Gasteiger partial charge on any atom is -0.321 e. The van der Waals surface area contributed by atoms with Crippen molar-refractivity contribution in [2.75, 3.05) is 10.6 Å². The number of amides is 2. The van der Waals surface area contributed by atoms with Crippen molar-refractivity contribution in [2.24, 2.45) is 0 Å². The lowest BCUT2D eigenvalue weighted by Crippen LogP contribution is -2.13. The second kappa shape index (κ2) is 13.2. The van der Waals surface area contributed by atoms with E-state index in [1.54, 1.807) is 24.3 Å². The molecule has 4 N–H and O–H groups in total. The van der Waals surface area contributed by atoms with Crippen LogP contribution in [0.3, 0.4) is 0 Å². The van der Waals surface area contributed by atoms with E-state index in [0.29, 0.717) is 11.1 Å². The zero-order valence-corrected chi connectivity index (χ0v) is 29.5. The molecule has 0 radical (unpaired) electrons. The van der Waals surface area contributed by atoms with Gasteiger partial charge in [-0.3, -0.25) is 18.7 Å². The van der Waals surface area contributed by atoms with Crippen LogP contribution >= 0.6 is 0 Å². The Hall–Kier alpha value is -5.97. The first-order chi connectivity index (χ1) is 25.1. The highest BCUT2D eigenvalue weighted by Gasteiger charge is 2.38. The van der Waals surface area contributed by atoms with Gasteiger partial charge in [-0.25, -0.2) is 8.42 Å². The number of rotatable bonds is 8. The highest BCUT2D eigenvalue weighted by Crippen LogP contribution is 2.48. The van der Waals surface area contributed by atoms with Crippen LogP contribution in [0.2, 0.25) is 0 Å². The molecule has 6 aromatic rings. The highest BCUT2D eigenvalue weighted by atomic mass is 32.2. The van der Waals surface area contributed by atoms with E-state index in [9.17, 15) is 43.9 Å². The molecule has 0 aromatic heterocycles. The van der Waals surface area contributed by atoms with Gasteiger partial charge in [0.1, 0.15) is 9.79 Å². The first kappa shape index (κ1) is 35.4. The Morgan fingerprint density at radius 2 is 0.925 bits per heavy atom. The van der Waals surface area contributed by atoms with Crippen molar-refractivity contribution in [1.29, 1.82) is 0 Å². The van der Waals surface area contributed by atoms with Gasteiger partial charge in [0.2, 0.25) is 21.7 Å². The number of fused-ring (bicyclic) bond motifs is 5. The molecular weight excluding hydrogens is 741 g/mol. The zero-order chi connectivity index (χ0) is 37.7. The lowest BCUT2D eigenvalue weighted by molar-refractivity contribution is -0.112. The summed E-state index contributed by atoms with van der Waals surface area (Å²) in [6, 6.07) is 28.9. The van der Waals surface area contributed by atoms with Gasteiger partial charge in [0, 0.05) is 23.3 Å². The van der Waals surface area contributed by atoms with E-state index in [1.807, 2.05) is 60.7 Å². The van der Waals surface area contributed by atoms with Crippen LogP contribution in [0.15, 0.2) is 141 Å². The average Bonchev–Trinajstić information content (AvgIpc) is 3.32. The van der Waals surface area contributed by atoms with E-state index in [4.69, 9.17) is 0 Å². The molecule has 0 fully saturated rings. The third-order valence-corrected chi connectivity index (χ3v) is 12.2. The Balaban J connectivity index is 1.25. The van der Waals surface area contributed by atoms with Crippen LogP contribution in [-0.2, 0) is 39.7 Å². The molecule has 53 heavy (non-hydrogen) atoms. The standard InChI is InChI=1S/C38H26N2O10S3/c41-37(17-15-25-11-5-9-23-7-1-3-13-27(23)25)39-31-21-33-29(19-35(31)52(45,46)47)30-20-36(53(48,49)50)32(22-34(30)51(33,43)44)40-38(42)18-16-26-12-6-10-24-8-2-4-14-28(24)26/h1-22H,(H,39,41)(H,40,42)(H,45,46,47)(H,48,49,50)/b17-15+,18-16+. The Kier molecular flexibility index (Phi) is 8.84. The largest absolute Gasteiger partial charge is 0.321 e. The van der Waals surface area contributed by atoms with Gasteiger partial charge in [-0.2, -0.15) is 16.8 Å². The topological polar surface area (TPSA) is 201 Å². The number of carbonyl (C=O) groups is 2. The zero-order valence-electron chi connectivity index (χ0n) is 27.1. The van der Waals surface area contributed by atoms with Gasteiger partial charge >= 0.3 is 0 Å². The Morgan fingerprint density at radius 1 is 0.547 bits per heavy atom. The number of anilines is 2. The van der Waals surface area contributed by atoms with Gasteiger partial charge in [-0.15, -0.1) is 0 Å². The quantitative estimate of drug-likeness (QED) is 0.0964. The van der Waals surface area contributed by atoms with Gasteiger partial charge in [-0.1, -0.05) is 84.9 Å². The van der Waals surface area contributed by atoms with E-state index in [-0.39, 0.29) is 11.1 Å². The fourth-order valence-electron chi connectivity index (χ4n) is 6.20. The first-order valence-electron chi connectivity index (χ1n) is 15.6. The third-order valence-electron chi connectivity index (χ3n) is 8.58. The van der Waals surface area contributed by atoms with Gasteiger partial charge in [0.05, 0.1) is 21.2 Å². The van der Waals surface area contributed by atoms with Crippen molar-refractivity contribution < 1.29 is 43.9 Å². The third kappa shape index (κ3) is 6.86. The van der Waals surface area contributed by atoms with Crippen LogP contribution in [-0.4, -0.2) is 46.2 Å². The van der Waals surface area contributed by atoms with E-state index in [0.717, 1.165) is 58.0 Å². The predicted molar refractivity (Wildman–Crippen MR) is 200 cm³/mol. The van der Waals surface area contributed by atoms with E-state index >= 15 is 0 Å². The summed E-state index contributed by atoms with van der Waals surface area (Å²) in [5.74, 6) is -1.71. The average molecular weight is 767 g/mol. The normalized spacial score (nSPS) is 13.7. The molecule has 266 valence electrons. The number of carbonyl (C=O) groups excluding carboxylic acids is 2. The molecule has 0 aliphatic carbocycles. The molecule has 0 saturated carbocycles. The summed E-state index contributed by atoms with van der Waals surface area (Å²) >= 11 is 0. The van der Waals surface area contributed by atoms with Crippen molar-refractivity contribution >= 4 is 87.0 Å². The predicted octanol–water partition coefficient (Wildman–Crippen LogP) is 6.60. The number of hydrogen-bond acceptors (Lipinski definition) is 8. The lowest BCUT2D eigenvalue weighted by atomic mass is 10.0. The minimum atomic E-state index is -5.11. The molecule has 15 heteroatoms. The Morgan fingerprint density at radius 3 is 1.32 bits per heavy atom. The molecule has 7 rings (SSSR count). The molecule has 1 aliphatic rings. The fourth-order valence-corrected chi connectivity index (χ4v) is 9.21. The summed E-state index contributed by atoms with van der Waals surface area (Å²) in [6.45, 7) is 0. The number of hydrogen-bond donors (Lipinski definition) is 4. The summed E-state index contributed by atoms with van der Waals surface area (Å²) in [7, 11) is -14.8.